The Morgan fingerprint density at radius 3 is 2.61 bits per heavy atom. The number of nitriles is 1. The highest BCUT2D eigenvalue weighted by molar-refractivity contribution is 5.92. The summed E-state index contributed by atoms with van der Waals surface area (Å²) in [5.41, 5.74) is 8.06. The van der Waals surface area contributed by atoms with Crippen molar-refractivity contribution in [2.75, 3.05) is 13.2 Å². The van der Waals surface area contributed by atoms with Gasteiger partial charge in [0.15, 0.2) is 0 Å². The summed E-state index contributed by atoms with van der Waals surface area (Å²) in [5.74, 6) is -0.478. The third kappa shape index (κ3) is 4.96. The van der Waals surface area contributed by atoms with Crippen molar-refractivity contribution in [2.45, 2.75) is 19.8 Å². The molecule has 1 atom stereocenters. The van der Waals surface area contributed by atoms with Crippen LogP contribution in [0.2, 0.25) is 0 Å². The zero-order chi connectivity index (χ0) is 22.2. The number of benzene rings is 2. The van der Waals surface area contributed by atoms with Gasteiger partial charge in [0.25, 0.3) is 0 Å². The summed E-state index contributed by atoms with van der Waals surface area (Å²) in [4.78, 5) is 12.7. The fourth-order valence-corrected chi connectivity index (χ4v) is 3.40. The fourth-order valence-electron chi connectivity index (χ4n) is 3.40. The van der Waals surface area contributed by atoms with Gasteiger partial charge in [-0.2, -0.15) is 5.26 Å². The Morgan fingerprint density at radius 1 is 1.19 bits per heavy atom. The molecule has 1 heterocycles. The number of hydrogen-bond acceptors (Lipinski definition) is 6. The van der Waals surface area contributed by atoms with E-state index < -0.39 is 11.9 Å². The fraction of sp³-hybridized carbons (Fsp3) is 0.200. The van der Waals surface area contributed by atoms with E-state index in [1.807, 2.05) is 60.7 Å². The number of hydrogen-bond donors (Lipinski definition) is 1. The molecule has 2 aromatic rings. The zero-order valence-electron chi connectivity index (χ0n) is 17.5. The Hall–Kier alpha value is -3.98. The first-order valence-corrected chi connectivity index (χ1v) is 9.95. The van der Waals surface area contributed by atoms with Crippen LogP contribution in [0.15, 0.2) is 83.5 Å². The topological polar surface area (TPSA) is 94.6 Å². The number of ether oxygens (including phenoxy) is 3. The molecule has 0 spiro atoms. The predicted molar refractivity (Wildman–Crippen MR) is 117 cm³/mol. The van der Waals surface area contributed by atoms with Crippen LogP contribution in [0.25, 0.3) is 6.08 Å². The lowest BCUT2D eigenvalue weighted by Crippen LogP contribution is -2.26. The van der Waals surface area contributed by atoms with Crippen molar-refractivity contribution in [2.24, 2.45) is 5.73 Å². The van der Waals surface area contributed by atoms with Crippen molar-refractivity contribution >= 4 is 12.0 Å². The van der Waals surface area contributed by atoms with Crippen molar-refractivity contribution in [3.05, 3.63) is 94.6 Å². The number of nitrogens with zero attached hydrogens (tertiary/aromatic N) is 1. The third-order valence-corrected chi connectivity index (χ3v) is 4.78. The molecule has 0 amide bonds. The van der Waals surface area contributed by atoms with Gasteiger partial charge in [-0.05, 0) is 31.6 Å². The molecule has 6 nitrogen and oxygen atoms in total. The second-order valence-electron chi connectivity index (χ2n) is 6.78. The molecular formula is C25H24N2O4. The number of nitrogens with two attached hydrogens (primary N) is 1. The van der Waals surface area contributed by atoms with Crippen LogP contribution in [-0.2, 0) is 14.3 Å². The number of allylic oxidation sites excluding steroid dienone is 2. The van der Waals surface area contributed by atoms with Crippen molar-refractivity contribution in [3.63, 3.8) is 0 Å². The predicted octanol–water partition coefficient (Wildman–Crippen LogP) is 4.42. The van der Waals surface area contributed by atoms with Gasteiger partial charge in [-0.3, -0.25) is 0 Å². The Bertz CT molecular complexity index is 1080. The van der Waals surface area contributed by atoms with Gasteiger partial charge in [0.2, 0.25) is 5.88 Å². The van der Waals surface area contributed by atoms with E-state index in [2.05, 4.69) is 6.07 Å². The van der Waals surface area contributed by atoms with Gasteiger partial charge in [-0.25, -0.2) is 4.79 Å². The van der Waals surface area contributed by atoms with Crippen molar-refractivity contribution < 1.29 is 19.0 Å². The molecule has 6 heteroatoms. The second kappa shape index (κ2) is 10.2. The molecule has 0 fully saturated rings. The van der Waals surface area contributed by atoms with E-state index in [4.69, 9.17) is 19.9 Å². The molecule has 158 valence electrons. The van der Waals surface area contributed by atoms with E-state index in [0.29, 0.717) is 23.7 Å². The molecule has 0 aromatic heterocycles. The van der Waals surface area contributed by atoms with Gasteiger partial charge in [0.1, 0.15) is 29.8 Å². The van der Waals surface area contributed by atoms with Crippen molar-refractivity contribution in [1.82, 2.24) is 0 Å². The van der Waals surface area contributed by atoms with Gasteiger partial charge in [-0.1, -0.05) is 54.6 Å². The SMILES string of the molecule is CCOC(=O)C1=C(C)OC(N)=C(C#N)C1c1ccccc1OCC=Cc1ccccc1. The summed E-state index contributed by atoms with van der Waals surface area (Å²) in [6, 6.07) is 19.2. The smallest absolute Gasteiger partial charge is 0.338 e. The minimum absolute atomic E-state index is 0.0307. The van der Waals surface area contributed by atoms with E-state index in [0.717, 1.165) is 5.56 Å². The molecule has 0 saturated heterocycles. The number of rotatable bonds is 7. The summed E-state index contributed by atoms with van der Waals surface area (Å²) in [7, 11) is 0. The van der Waals surface area contributed by atoms with Crippen LogP contribution in [0.5, 0.6) is 5.75 Å². The molecule has 3 rings (SSSR count). The normalized spacial score (nSPS) is 16.1. The van der Waals surface area contributed by atoms with E-state index in [9.17, 15) is 10.1 Å². The van der Waals surface area contributed by atoms with E-state index in [1.165, 1.54) is 0 Å². The molecule has 0 aliphatic carbocycles. The minimum atomic E-state index is -0.743. The molecule has 1 aliphatic rings. The summed E-state index contributed by atoms with van der Waals surface area (Å²) >= 11 is 0. The van der Waals surface area contributed by atoms with Crippen molar-refractivity contribution in [3.8, 4) is 11.8 Å². The maximum absolute atomic E-state index is 12.7. The summed E-state index contributed by atoms with van der Waals surface area (Å²) in [6.07, 6.45) is 3.86. The van der Waals surface area contributed by atoms with Crippen LogP contribution >= 0.6 is 0 Å². The molecular weight excluding hydrogens is 392 g/mol. The van der Waals surface area contributed by atoms with Crippen LogP contribution in [0.1, 0.15) is 30.9 Å². The highest BCUT2D eigenvalue weighted by Crippen LogP contribution is 2.42. The average Bonchev–Trinajstić information content (AvgIpc) is 2.77. The summed E-state index contributed by atoms with van der Waals surface area (Å²) < 4.78 is 16.7. The Morgan fingerprint density at radius 2 is 1.90 bits per heavy atom. The first-order chi connectivity index (χ1) is 15.1. The monoisotopic (exact) mass is 416 g/mol. The van der Waals surface area contributed by atoms with Gasteiger partial charge < -0.3 is 19.9 Å². The van der Waals surface area contributed by atoms with Crippen LogP contribution in [0.4, 0.5) is 0 Å². The highest BCUT2D eigenvalue weighted by Gasteiger charge is 2.37. The minimum Gasteiger partial charge on any atom is -0.489 e. The molecule has 31 heavy (non-hydrogen) atoms. The first-order valence-electron chi connectivity index (χ1n) is 9.95. The lowest BCUT2D eigenvalue weighted by Gasteiger charge is -2.27. The molecule has 0 bridgehead atoms. The molecule has 1 unspecified atom stereocenters. The van der Waals surface area contributed by atoms with Crippen LogP contribution in [-0.4, -0.2) is 19.2 Å². The molecule has 1 aliphatic heterocycles. The van der Waals surface area contributed by atoms with Gasteiger partial charge >= 0.3 is 5.97 Å². The van der Waals surface area contributed by atoms with Gasteiger partial charge in [0, 0.05) is 5.56 Å². The van der Waals surface area contributed by atoms with Crippen LogP contribution in [0.3, 0.4) is 0 Å². The second-order valence-corrected chi connectivity index (χ2v) is 6.78. The average molecular weight is 416 g/mol. The lowest BCUT2D eigenvalue weighted by molar-refractivity contribution is -0.139. The standard InChI is InChI=1S/C25H24N2O4/c1-3-29-25(28)22-17(2)31-24(27)20(16-26)23(22)19-13-7-8-14-21(19)30-15-9-12-18-10-5-4-6-11-18/h4-14,23H,3,15,27H2,1-2H3. The Labute approximate surface area is 181 Å². The quantitative estimate of drug-likeness (QED) is 0.671. The number of esters is 1. The number of para-hydroxylation sites is 1. The zero-order valence-corrected chi connectivity index (χ0v) is 17.5. The van der Waals surface area contributed by atoms with Gasteiger partial charge in [0.05, 0.1) is 18.1 Å². The van der Waals surface area contributed by atoms with Crippen LogP contribution in [0, 0.1) is 11.3 Å². The Kier molecular flexibility index (Phi) is 7.13. The highest BCUT2D eigenvalue weighted by atomic mass is 16.5. The largest absolute Gasteiger partial charge is 0.489 e. The summed E-state index contributed by atoms with van der Waals surface area (Å²) in [6.45, 7) is 3.86. The first kappa shape index (κ1) is 21.7. The van der Waals surface area contributed by atoms with E-state index in [-0.39, 0.29) is 23.6 Å². The molecule has 0 saturated carbocycles. The molecule has 2 aromatic carbocycles. The maximum Gasteiger partial charge on any atom is 0.338 e. The van der Waals surface area contributed by atoms with Crippen LogP contribution < -0.4 is 10.5 Å². The number of carbonyl (C=O) groups excluding carboxylic acids is 1. The summed E-state index contributed by atoms with van der Waals surface area (Å²) in [5, 5.41) is 9.75. The van der Waals surface area contributed by atoms with E-state index in [1.54, 1.807) is 19.9 Å². The van der Waals surface area contributed by atoms with Crippen molar-refractivity contribution in [1.29, 1.82) is 5.26 Å². The number of carbonyl (C=O) groups is 1. The maximum atomic E-state index is 12.7. The lowest BCUT2D eigenvalue weighted by atomic mass is 9.82. The van der Waals surface area contributed by atoms with E-state index >= 15 is 0 Å². The molecule has 2 N–H and O–H groups in total. The third-order valence-electron chi connectivity index (χ3n) is 4.78. The van der Waals surface area contributed by atoms with Gasteiger partial charge in [-0.15, -0.1) is 0 Å². The molecule has 0 radical (unpaired) electrons. The Balaban J connectivity index is 1.93.